The number of benzene rings is 2. The molecule has 4 rings (SSSR count). The van der Waals surface area contributed by atoms with Crippen molar-refractivity contribution < 1.29 is 14.3 Å². The third-order valence-electron chi connectivity index (χ3n) is 6.22. The smallest absolute Gasteiger partial charge is 0.229 e. The van der Waals surface area contributed by atoms with Gasteiger partial charge in [-0.15, -0.1) is 0 Å². The highest BCUT2D eigenvalue weighted by molar-refractivity contribution is 6.30. The average Bonchev–Trinajstić information content (AvgIpc) is 2.79. The van der Waals surface area contributed by atoms with Crippen molar-refractivity contribution in [3.63, 3.8) is 0 Å². The molecule has 0 unspecified atom stereocenters. The molecule has 0 radical (unpaired) electrons. The number of amides is 2. The van der Waals surface area contributed by atoms with Gasteiger partial charge in [0.15, 0.2) is 0 Å². The van der Waals surface area contributed by atoms with E-state index in [0.29, 0.717) is 25.9 Å². The van der Waals surface area contributed by atoms with Crippen LogP contribution in [-0.4, -0.2) is 68.0 Å². The molecule has 0 saturated carbocycles. The summed E-state index contributed by atoms with van der Waals surface area (Å²) in [5, 5.41) is 0.745. The van der Waals surface area contributed by atoms with Crippen LogP contribution in [0.25, 0.3) is 0 Å². The lowest BCUT2D eigenvalue weighted by molar-refractivity contribution is -0.148. The molecule has 2 aliphatic heterocycles. The molecular weight excluding hydrogens is 414 g/mol. The molecule has 0 bridgehead atoms. The van der Waals surface area contributed by atoms with E-state index >= 15 is 0 Å². The first-order valence-electron chi connectivity index (χ1n) is 10.7. The van der Waals surface area contributed by atoms with Gasteiger partial charge in [-0.2, -0.15) is 0 Å². The molecule has 31 heavy (non-hydrogen) atoms. The molecule has 2 heterocycles. The molecule has 164 valence electrons. The molecule has 2 aromatic rings. The fourth-order valence-corrected chi connectivity index (χ4v) is 4.54. The Morgan fingerprint density at radius 3 is 2.23 bits per heavy atom. The second-order valence-corrected chi connectivity index (χ2v) is 8.56. The van der Waals surface area contributed by atoms with E-state index in [4.69, 9.17) is 16.3 Å². The maximum atomic E-state index is 12.7. The van der Waals surface area contributed by atoms with Gasteiger partial charge in [-0.1, -0.05) is 29.8 Å². The number of ether oxygens (including phenoxy) is 1. The van der Waals surface area contributed by atoms with Crippen molar-refractivity contribution in [2.75, 3.05) is 51.3 Å². The van der Waals surface area contributed by atoms with Crippen molar-refractivity contribution in [3.8, 4) is 5.75 Å². The summed E-state index contributed by atoms with van der Waals surface area (Å²) >= 11 is 6.11. The molecule has 0 aliphatic carbocycles. The number of carbonyl (C=O) groups excluding carboxylic acids is 2. The van der Waals surface area contributed by atoms with Crippen molar-refractivity contribution in [1.82, 2.24) is 9.80 Å². The molecule has 2 aromatic carbocycles. The predicted molar refractivity (Wildman–Crippen MR) is 122 cm³/mol. The Hall–Kier alpha value is -2.57. The van der Waals surface area contributed by atoms with E-state index in [0.717, 1.165) is 48.2 Å². The summed E-state index contributed by atoms with van der Waals surface area (Å²) in [6, 6.07) is 15.6. The Morgan fingerprint density at radius 2 is 1.61 bits per heavy atom. The van der Waals surface area contributed by atoms with Crippen LogP contribution in [0.15, 0.2) is 48.5 Å². The van der Waals surface area contributed by atoms with E-state index in [1.165, 1.54) is 4.90 Å². The molecule has 2 saturated heterocycles. The second-order valence-electron chi connectivity index (χ2n) is 8.13. The standard InChI is InChI=1S/C24H28ClN3O3/c1-31-22-7-5-18(6-8-22)19-15-23(29)28(24(30)16-19)14-11-26-9-12-27(13-10-26)21-4-2-3-20(25)17-21/h2-8,17,19H,9-16H2,1H3. The number of halogens is 1. The predicted octanol–water partition coefficient (Wildman–Crippen LogP) is 3.40. The molecule has 0 N–H and O–H groups in total. The van der Waals surface area contributed by atoms with Gasteiger partial charge in [-0.25, -0.2) is 0 Å². The van der Waals surface area contributed by atoms with Gasteiger partial charge in [-0.3, -0.25) is 19.4 Å². The van der Waals surface area contributed by atoms with Gasteiger partial charge in [0.2, 0.25) is 11.8 Å². The lowest BCUT2D eigenvalue weighted by atomic mass is 9.88. The Bertz CT molecular complexity index is 908. The molecular formula is C24H28ClN3O3. The van der Waals surface area contributed by atoms with Crippen molar-refractivity contribution in [2.24, 2.45) is 0 Å². The van der Waals surface area contributed by atoms with Crippen LogP contribution >= 0.6 is 11.6 Å². The van der Waals surface area contributed by atoms with Crippen molar-refractivity contribution in [2.45, 2.75) is 18.8 Å². The number of methoxy groups -OCH3 is 1. The highest BCUT2D eigenvalue weighted by Gasteiger charge is 2.33. The van der Waals surface area contributed by atoms with Crippen LogP contribution in [0.4, 0.5) is 5.69 Å². The lowest BCUT2D eigenvalue weighted by Gasteiger charge is -2.37. The van der Waals surface area contributed by atoms with E-state index in [1.54, 1.807) is 7.11 Å². The summed E-state index contributed by atoms with van der Waals surface area (Å²) in [6.45, 7) is 4.79. The first-order valence-corrected chi connectivity index (χ1v) is 11.1. The maximum absolute atomic E-state index is 12.7. The highest BCUT2D eigenvalue weighted by atomic mass is 35.5. The zero-order valence-corrected chi connectivity index (χ0v) is 18.6. The number of likely N-dealkylation sites (tertiary alicyclic amines) is 1. The zero-order chi connectivity index (χ0) is 21.8. The van der Waals surface area contributed by atoms with Gasteiger partial charge >= 0.3 is 0 Å². The van der Waals surface area contributed by atoms with Gasteiger partial charge < -0.3 is 9.64 Å². The summed E-state index contributed by atoms with van der Waals surface area (Å²) in [7, 11) is 1.62. The van der Waals surface area contributed by atoms with Crippen molar-refractivity contribution >= 4 is 29.1 Å². The van der Waals surface area contributed by atoms with Gasteiger partial charge in [-0.05, 0) is 35.9 Å². The molecule has 0 aromatic heterocycles. The van der Waals surface area contributed by atoms with Crippen LogP contribution in [0.5, 0.6) is 5.75 Å². The van der Waals surface area contributed by atoms with Gasteiger partial charge in [0.25, 0.3) is 0 Å². The van der Waals surface area contributed by atoms with Crippen LogP contribution in [0.3, 0.4) is 0 Å². The lowest BCUT2D eigenvalue weighted by Crippen LogP contribution is -2.51. The van der Waals surface area contributed by atoms with Crippen molar-refractivity contribution in [3.05, 3.63) is 59.1 Å². The van der Waals surface area contributed by atoms with Crippen LogP contribution in [0.2, 0.25) is 5.02 Å². The molecule has 0 atom stereocenters. The Balaban J connectivity index is 1.26. The topological polar surface area (TPSA) is 53.1 Å². The van der Waals surface area contributed by atoms with Gasteiger partial charge in [0.05, 0.1) is 7.11 Å². The van der Waals surface area contributed by atoms with E-state index in [2.05, 4.69) is 15.9 Å². The molecule has 2 aliphatic rings. The Kier molecular flexibility index (Phi) is 6.78. The summed E-state index contributed by atoms with van der Waals surface area (Å²) < 4.78 is 5.19. The number of piperidine rings is 1. The van der Waals surface area contributed by atoms with E-state index < -0.39 is 0 Å². The van der Waals surface area contributed by atoms with Crippen LogP contribution in [0, 0.1) is 0 Å². The monoisotopic (exact) mass is 441 g/mol. The van der Waals surface area contributed by atoms with Crippen LogP contribution < -0.4 is 9.64 Å². The number of piperazine rings is 1. The molecule has 7 heteroatoms. The zero-order valence-electron chi connectivity index (χ0n) is 17.8. The summed E-state index contributed by atoms with van der Waals surface area (Å²) in [5.74, 6) is 0.571. The fraction of sp³-hybridized carbons (Fsp3) is 0.417. The molecule has 2 fully saturated rings. The van der Waals surface area contributed by atoms with Crippen LogP contribution in [0.1, 0.15) is 24.3 Å². The van der Waals surface area contributed by atoms with E-state index in [-0.39, 0.29) is 17.7 Å². The number of imide groups is 1. The Labute approximate surface area is 188 Å². The molecule has 6 nitrogen and oxygen atoms in total. The highest BCUT2D eigenvalue weighted by Crippen LogP contribution is 2.30. The number of anilines is 1. The van der Waals surface area contributed by atoms with E-state index in [9.17, 15) is 9.59 Å². The summed E-state index contributed by atoms with van der Waals surface area (Å²) in [4.78, 5) is 31.5. The SMILES string of the molecule is COc1ccc(C2CC(=O)N(CCN3CCN(c4cccc(Cl)c4)CC3)C(=O)C2)cc1. The minimum Gasteiger partial charge on any atom is -0.497 e. The first-order chi connectivity index (χ1) is 15.0. The normalized spacial score (nSPS) is 18.5. The van der Waals surface area contributed by atoms with Crippen molar-refractivity contribution in [1.29, 1.82) is 0 Å². The third kappa shape index (κ3) is 5.20. The van der Waals surface area contributed by atoms with Gasteiger partial charge in [0.1, 0.15) is 5.75 Å². The van der Waals surface area contributed by atoms with Crippen LogP contribution in [-0.2, 0) is 9.59 Å². The number of hydrogen-bond donors (Lipinski definition) is 0. The molecule has 0 spiro atoms. The largest absolute Gasteiger partial charge is 0.497 e. The summed E-state index contributed by atoms with van der Waals surface area (Å²) in [6.07, 6.45) is 0.751. The summed E-state index contributed by atoms with van der Waals surface area (Å²) in [5.41, 5.74) is 2.15. The van der Waals surface area contributed by atoms with E-state index in [1.807, 2.05) is 42.5 Å². The fourth-order valence-electron chi connectivity index (χ4n) is 4.36. The first kappa shape index (κ1) is 21.7. The minimum absolute atomic E-state index is 0.0524. The quantitative estimate of drug-likeness (QED) is 0.643. The molecule has 2 amide bonds. The number of hydrogen-bond acceptors (Lipinski definition) is 5. The number of rotatable bonds is 6. The maximum Gasteiger partial charge on any atom is 0.229 e. The number of carbonyl (C=O) groups is 2. The number of nitrogens with zero attached hydrogens (tertiary/aromatic N) is 3. The Morgan fingerprint density at radius 1 is 0.935 bits per heavy atom. The average molecular weight is 442 g/mol. The van der Waals surface area contributed by atoms with Gasteiger partial charge in [0, 0.05) is 68.7 Å². The minimum atomic E-state index is -0.0744. The second kappa shape index (κ2) is 9.71. The third-order valence-corrected chi connectivity index (χ3v) is 6.45.